The van der Waals surface area contributed by atoms with E-state index in [4.69, 9.17) is 21.1 Å². The Labute approximate surface area is 107 Å². The standard InChI is InChI=1S/C10H9NO6.ClH/c11-7(10(16)17)4-1-2-5(8(12)13)6(3-4)9(14)15;/h1-3,7H,11H2,(H,12,13)(H,14,15)(H,16,17);1H. The number of aromatic carboxylic acids is 2. The van der Waals surface area contributed by atoms with E-state index < -0.39 is 35.1 Å². The summed E-state index contributed by atoms with van der Waals surface area (Å²) in [6.07, 6.45) is 0. The van der Waals surface area contributed by atoms with Gasteiger partial charge in [-0.25, -0.2) is 9.59 Å². The van der Waals surface area contributed by atoms with Crippen LogP contribution in [0.5, 0.6) is 0 Å². The molecule has 98 valence electrons. The Kier molecular flexibility index (Phi) is 5.28. The molecule has 1 aromatic rings. The number of aliphatic carboxylic acids is 1. The molecule has 0 fully saturated rings. The number of carboxylic acids is 3. The van der Waals surface area contributed by atoms with E-state index in [1.807, 2.05) is 0 Å². The van der Waals surface area contributed by atoms with Crippen LogP contribution in [-0.4, -0.2) is 33.2 Å². The van der Waals surface area contributed by atoms with E-state index in [9.17, 15) is 14.4 Å². The summed E-state index contributed by atoms with van der Waals surface area (Å²) >= 11 is 0. The van der Waals surface area contributed by atoms with E-state index >= 15 is 0 Å². The van der Waals surface area contributed by atoms with Crippen LogP contribution in [0.4, 0.5) is 0 Å². The highest BCUT2D eigenvalue weighted by Gasteiger charge is 2.20. The molecule has 7 nitrogen and oxygen atoms in total. The minimum Gasteiger partial charge on any atom is -0.480 e. The van der Waals surface area contributed by atoms with Crippen molar-refractivity contribution in [2.24, 2.45) is 5.73 Å². The van der Waals surface area contributed by atoms with Gasteiger partial charge in [-0.3, -0.25) is 4.79 Å². The monoisotopic (exact) mass is 275 g/mol. The van der Waals surface area contributed by atoms with Gasteiger partial charge in [0.2, 0.25) is 0 Å². The average molecular weight is 276 g/mol. The molecule has 0 aromatic heterocycles. The molecule has 1 atom stereocenters. The second kappa shape index (κ2) is 5.99. The molecule has 0 spiro atoms. The molecule has 0 radical (unpaired) electrons. The lowest BCUT2D eigenvalue weighted by Gasteiger charge is -2.09. The highest BCUT2D eigenvalue weighted by Crippen LogP contribution is 2.17. The van der Waals surface area contributed by atoms with Crippen molar-refractivity contribution in [1.29, 1.82) is 0 Å². The smallest absolute Gasteiger partial charge is 0.336 e. The first-order valence-corrected chi connectivity index (χ1v) is 4.43. The largest absolute Gasteiger partial charge is 0.480 e. The predicted molar refractivity (Wildman–Crippen MR) is 62.2 cm³/mol. The molecule has 1 aromatic carbocycles. The maximum Gasteiger partial charge on any atom is 0.336 e. The molecule has 18 heavy (non-hydrogen) atoms. The van der Waals surface area contributed by atoms with Gasteiger partial charge in [0.25, 0.3) is 0 Å². The zero-order chi connectivity index (χ0) is 13.2. The minimum atomic E-state index is -1.46. The Morgan fingerprint density at radius 3 is 1.89 bits per heavy atom. The van der Waals surface area contributed by atoms with Crippen molar-refractivity contribution in [3.05, 3.63) is 34.9 Å². The molecular weight excluding hydrogens is 266 g/mol. The van der Waals surface area contributed by atoms with E-state index in [0.717, 1.165) is 12.1 Å². The van der Waals surface area contributed by atoms with Crippen molar-refractivity contribution in [1.82, 2.24) is 0 Å². The summed E-state index contributed by atoms with van der Waals surface area (Å²) in [6, 6.07) is 1.75. The van der Waals surface area contributed by atoms with Crippen molar-refractivity contribution < 1.29 is 29.7 Å². The van der Waals surface area contributed by atoms with Crippen LogP contribution in [0.2, 0.25) is 0 Å². The summed E-state index contributed by atoms with van der Waals surface area (Å²) in [7, 11) is 0. The second-order valence-electron chi connectivity index (χ2n) is 3.23. The molecule has 8 heteroatoms. The number of hydrogen-bond donors (Lipinski definition) is 4. The van der Waals surface area contributed by atoms with Crippen molar-refractivity contribution in [2.75, 3.05) is 0 Å². The number of carboxylic acid groups (broad SMARTS) is 3. The van der Waals surface area contributed by atoms with Crippen LogP contribution in [0, 0.1) is 0 Å². The average Bonchev–Trinajstić information content (AvgIpc) is 2.26. The molecule has 0 aliphatic heterocycles. The summed E-state index contributed by atoms with van der Waals surface area (Å²) in [5.74, 6) is -4.19. The number of benzene rings is 1. The van der Waals surface area contributed by atoms with Gasteiger partial charge in [0.05, 0.1) is 11.1 Å². The van der Waals surface area contributed by atoms with E-state index in [1.54, 1.807) is 0 Å². The zero-order valence-corrected chi connectivity index (χ0v) is 9.68. The predicted octanol–water partition coefficient (Wildman–Crippen LogP) is 0.589. The molecule has 1 rings (SSSR count). The fourth-order valence-electron chi connectivity index (χ4n) is 1.26. The van der Waals surface area contributed by atoms with Crippen LogP contribution in [0.1, 0.15) is 32.3 Å². The summed E-state index contributed by atoms with van der Waals surface area (Å²) in [6.45, 7) is 0. The van der Waals surface area contributed by atoms with Gasteiger partial charge < -0.3 is 21.1 Å². The Balaban J connectivity index is 0.00000289. The van der Waals surface area contributed by atoms with Crippen molar-refractivity contribution in [3.8, 4) is 0 Å². The third-order valence-corrected chi connectivity index (χ3v) is 2.13. The van der Waals surface area contributed by atoms with E-state index in [-0.39, 0.29) is 18.0 Å². The Bertz CT molecular complexity index is 501. The van der Waals surface area contributed by atoms with Gasteiger partial charge in [-0.2, -0.15) is 0 Å². The van der Waals surface area contributed by atoms with E-state index in [2.05, 4.69) is 0 Å². The van der Waals surface area contributed by atoms with Crippen LogP contribution in [-0.2, 0) is 4.79 Å². The van der Waals surface area contributed by atoms with Crippen LogP contribution in [0.25, 0.3) is 0 Å². The topological polar surface area (TPSA) is 138 Å². The van der Waals surface area contributed by atoms with Crippen LogP contribution in [0.15, 0.2) is 18.2 Å². The first-order chi connectivity index (χ1) is 7.84. The first-order valence-electron chi connectivity index (χ1n) is 4.43. The molecule has 5 N–H and O–H groups in total. The van der Waals surface area contributed by atoms with Crippen molar-refractivity contribution >= 4 is 30.3 Å². The molecule has 1 unspecified atom stereocenters. The van der Waals surface area contributed by atoms with E-state index in [0.29, 0.717) is 0 Å². The van der Waals surface area contributed by atoms with Crippen LogP contribution < -0.4 is 5.73 Å². The van der Waals surface area contributed by atoms with Crippen LogP contribution >= 0.6 is 12.4 Å². The minimum absolute atomic E-state index is 0. The normalized spacial score (nSPS) is 11.2. The van der Waals surface area contributed by atoms with Crippen molar-refractivity contribution in [2.45, 2.75) is 6.04 Å². The molecule has 0 aliphatic rings. The van der Waals surface area contributed by atoms with Gasteiger partial charge >= 0.3 is 17.9 Å². The molecule has 0 amide bonds. The van der Waals surface area contributed by atoms with Gasteiger partial charge in [0.15, 0.2) is 0 Å². The highest BCUT2D eigenvalue weighted by atomic mass is 35.5. The van der Waals surface area contributed by atoms with Gasteiger partial charge in [-0.05, 0) is 17.7 Å². The molecule has 0 saturated heterocycles. The third-order valence-electron chi connectivity index (χ3n) is 2.13. The maximum atomic E-state index is 10.8. The Morgan fingerprint density at radius 1 is 1.00 bits per heavy atom. The number of rotatable bonds is 4. The summed E-state index contributed by atoms with van der Waals surface area (Å²) in [4.78, 5) is 32.2. The molecular formula is C10H10ClNO6. The highest BCUT2D eigenvalue weighted by molar-refractivity contribution is 6.02. The van der Waals surface area contributed by atoms with Crippen LogP contribution in [0.3, 0.4) is 0 Å². The molecule has 0 aliphatic carbocycles. The molecule has 0 saturated carbocycles. The van der Waals surface area contributed by atoms with Gasteiger partial charge in [-0.1, -0.05) is 6.07 Å². The van der Waals surface area contributed by atoms with Gasteiger partial charge in [-0.15, -0.1) is 12.4 Å². The Morgan fingerprint density at radius 2 is 1.50 bits per heavy atom. The van der Waals surface area contributed by atoms with Crippen molar-refractivity contribution in [3.63, 3.8) is 0 Å². The quantitative estimate of drug-likeness (QED) is 0.631. The summed E-state index contributed by atoms with van der Waals surface area (Å²) in [5, 5.41) is 26.2. The summed E-state index contributed by atoms with van der Waals surface area (Å²) in [5.41, 5.74) is 4.41. The SMILES string of the molecule is Cl.NC(C(=O)O)c1ccc(C(=O)O)c(C(=O)O)c1. The number of halogens is 1. The maximum absolute atomic E-state index is 10.8. The lowest BCUT2D eigenvalue weighted by atomic mass is 10.00. The lowest BCUT2D eigenvalue weighted by Crippen LogP contribution is -2.21. The van der Waals surface area contributed by atoms with Gasteiger partial charge in [0.1, 0.15) is 6.04 Å². The fourth-order valence-corrected chi connectivity index (χ4v) is 1.26. The lowest BCUT2D eigenvalue weighted by molar-refractivity contribution is -0.138. The number of nitrogens with two attached hydrogens (primary N) is 1. The molecule has 0 bridgehead atoms. The third kappa shape index (κ3) is 3.19. The number of hydrogen-bond acceptors (Lipinski definition) is 4. The zero-order valence-electron chi connectivity index (χ0n) is 8.86. The van der Waals surface area contributed by atoms with Gasteiger partial charge in [0, 0.05) is 0 Å². The fraction of sp³-hybridized carbons (Fsp3) is 0.100. The number of carbonyl (C=O) groups is 3. The second-order valence-corrected chi connectivity index (χ2v) is 3.23. The summed E-state index contributed by atoms with van der Waals surface area (Å²) < 4.78 is 0. The van der Waals surface area contributed by atoms with E-state index in [1.165, 1.54) is 6.07 Å². The molecule has 0 heterocycles. The first kappa shape index (κ1) is 15.9. The Hall–Kier alpha value is -2.12.